The molecule has 0 aromatic heterocycles. The fourth-order valence-corrected chi connectivity index (χ4v) is 4.05. The third kappa shape index (κ3) is 3.99. The number of carbonyl (C=O) groups is 1. The fraction of sp³-hybridized carbons (Fsp3) is 0.409. The molecule has 1 amide bonds. The number of rotatable bonds is 4. The summed E-state index contributed by atoms with van der Waals surface area (Å²) in [6.45, 7) is 3.57. The van der Waals surface area contributed by atoms with Crippen LogP contribution in [-0.4, -0.2) is 54.3 Å². The smallest absolute Gasteiger partial charge is 0.253 e. The maximum atomic E-state index is 12.4. The molecule has 4 rings (SSSR count). The Morgan fingerprint density at radius 2 is 1.70 bits per heavy atom. The number of hydrogen-bond donors (Lipinski definition) is 1. The number of phenols is 1. The first kappa shape index (κ1) is 18.0. The quantitative estimate of drug-likeness (QED) is 0.904. The van der Waals surface area contributed by atoms with E-state index in [1.165, 1.54) is 5.56 Å². The van der Waals surface area contributed by atoms with E-state index in [4.69, 9.17) is 4.74 Å². The Hall–Kier alpha value is -2.37. The number of aromatic hydroxyl groups is 1. The Labute approximate surface area is 160 Å². The number of para-hydroxylation sites is 2. The summed E-state index contributed by atoms with van der Waals surface area (Å²) in [5.41, 5.74) is 1.64. The molecule has 0 saturated carbocycles. The summed E-state index contributed by atoms with van der Waals surface area (Å²) in [7, 11) is 0. The zero-order chi connectivity index (χ0) is 18.7. The summed E-state index contributed by atoms with van der Waals surface area (Å²) in [6, 6.07) is 17.6. The van der Waals surface area contributed by atoms with Crippen LogP contribution in [0.2, 0.25) is 0 Å². The monoisotopic (exact) mass is 366 g/mol. The predicted octanol–water partition coefficient (Wildman–Crippen LogP) is 2.83. The molecule has 2 aliphatic rings. The lowest BCUT2D eigenvalue weighted by Crippen LogP contribution is -2.59. The van der Waals surface area contributed by atoms with Gasteiger partial charge in [0.05, 0.1) is 17.8 Å². The van der Waals surface area contributed by atoms with Crippen molar-refractivity contribution in [3.05, 3.63) is 60.2 Å². The lowest BCUT2D eigenvalue weighted by Gasteiger charge is -2.47. The van der Waals surface area contributed by atoms with Gasteiger partial charge in [-0.3, -0.25) is 4.79 Å². The van der Waals surface area contributed by atoms with E-state index in [0.717, 1.165) is 38.9 Å². The number of hydrogen-bond acceptors (Lipinski definition) is 4. The molecule has 0 unspecified atom stereocenters. The molecule has 5 nitrogen and oxygen atoms in total. The van der Waals surface area contributed by atoms with Gasteiger partial charge in [0.25, 0.3) is 5.91 Å². The normalized spacial score (nSPS) is 20.1. The molecule has 2 aromatic carbocycles. The standard InChI is InChI=1S/C22H26N2O3/c25-20-9-5-4-8-19(20)24-17-22(27-16-21(24)26)11-14-23(15-12-22)13-10-18-6-2-1-3-7-18/h1-9,25H,10-17H2. The molecule has 142 valence electrons. The number of carbonyl (C=O) groups excluding carboxylic acids is 1. The first-order valence-electron chi connectivity index (χ1n) is 9.64. The van der Waals surface area contributed by atoms with Crippen molar-refractivity contribution in [3.63, 3.8) is 0 Å². The van der Waals surface area contributed by atoms with E-state index < -0.39 is 0 Å². The van der Waals surface area contributed by atoms with Gasteiger partial charge >= 0.3 is 0 Å². The summed E-state index contributed by atoms with van der Waals surface area (Å²) < 4.78 is 6.02. The highest BCUT2D eigenvalue weighted by Crippen LogP contribution is 2.35. The number of morpholine rings is 1. The van der Waals surface area contributed by atoms with Gasteiger partial charge < -0.3 is 19.6 Å². The molecule has 0 aliphatic carbocycles. The molecule has 2 aliphatic heterocycles. The zero-order valence-corrected chi connectivity index (χ0v) is 15.5. The van der Waals surface area contributed by atoms with Gasteiger partial charge in [0, 0.05) is 19.6 Å². The van der Waals surface area contributed by atoms with Gasteiger partial charge in [-0.25, -0.2) is 0 Å². The average Bonchev–Trinajstić information content (AvgIpc) is 2.71. The summed E-state index contributed by atoms with van der Waals surface area (Å²) >= 11 is 0. The van der Waals surface area contributed by atoms with Crippen molar-refractivity contribution in [2.24, 2.45) is 0 Å². The SMILES string of the molecule is O=C1COC2(CCN(CCc3ccccc3)CC2)CN1c1ccccc1O. The molecule has 0 bridgehead atoms. The van der Waals surface area contributed by atoms with Crippen molar-refractivity contribution in [2.45, 2.75) is 24.9 Å². The Balaban J connectivity index is 1.37. The van der Waals surface area contributed by atoms with Crippen molar-refractivity contribution >= 4 is 11.6 Å². The third-order valence-electron chi connectivity index (χ3n) is 5.75. The lowest BCUT2D eigenvalue weighted by molar-refractivity contribution is -0.144. The molecule has 27 heavy (non-hydrogen) atoms. The Bertz CT molecular complexity index is 785. The number of amides is 1. The Kier molecular flexibility index (Phi) is 5.14. The maximum Gasteiger partial charge on any atom is 0.253 e. The Morgan fingerprint density at radius 3 is 2.44 bits per heavy atom. The van der Waals surface area contributed by atoms with E-state index in [0.29, 0.717) is 12.2 Å². The number of nitrogens with zero attached hydrogens (tertiary/aromatic N) is 2. The molecule has 5 heteroatoms. The minimum absolute atomic E-state index is 0.0817. The van der Waals surface area contributed by atoms with Crippen LogP contribution in [0.5, 0.6) is 5.75 Å². The highest BCUT2D eigenvalue weighted by atomic mass is 16.5. The highest BCUT2D eigenvalue weighted by molar-refractivity contribution is 5.96. The second kappa shape index (κ2) is 7.71. The summed E-state index contributed by atoms with van der Waals surface area (Å²) in [6.07, 6.45) is 2.86. The molecule has 2 saturated heterocycles. The predicted molar refractivity (Wildman–Crippen MR) is 105 cm³/mol. The second-order valence-electron chi connectivity index (χ2n) is 7.52. The van der Waals surface area contributed by atoms with E-state index in [1.54, 1.807) is 23.1 Å². The Morgan fingerprint density at radius 1 is 1.00 bits per heavy atom. The van der Waals surface area contributed by atoms with Crippen molar-refractivity contribution in [1.29, 1.82) is 0 Å². The van der Waals surface area contributed by atoms with Crippen LogP contribution in [0.25, 0.3) is 0 Å². The second-order valence-corrected chi connectivity index (χ2v) is 7.52. The average molecular weight is 366 g/mol. The van der Waals surface area contributed by atoms with Crippen LogP contribution in [-0.2, 0) is 16.0 Å². The van der Waals surface area contributed by atoms with Gasteiger partial charge in [0.2, 0.25) is 0 Å². The van der Waals surface area contributed by atoms with Gasteiger partial charge in [-0.15, -0.1) is 0 Å². The van der Waals surface area contributed by atoms with E-state index in [2.05, 4.69) is 29.2 Å². The van der Waals surface area contributed by atoms with Crippen LogP contribution in [0.4, 0.5) is 5.69 Å². The molecule has 0 radical (unpaired) electrons. The number of likely N-dealkylation sites (tertiary alicyclic amines) is 1. The molecule has 2 aromatic rings. The van der Waals surface area contributed by atoms with Gasteiger partial charge in [0.15, 0.2) is 0 Å². The van der Waals surface area contributed by atoms with Crippen molar-refractivity contribution in [3.8, 4) is 5.75 Å². The number of anilines is 1. The first-order valence-corrected chi connectivity index (χ1v) is 9.64. The van der Waals surface area contributed by atoms with Crippen LogP contribution >= 0.6 is 0 Å². The largest absolute Gasteiger partial charge is 0.506 e. The zero-order valence-electron chi connectivity index (χ0n) is 15.5. The third-order valence-corrected chi connectivity index (χ3v) is 5.75. The van der Waals surface area contributed by atoms with Gasteiger partial charge in [-0.2, -0.15) is 0 Å². The summed E-state index contributed by atoms with van der Waals surface area (Å²) in [5, 5.41) is 10.1. The lowest BCUT2D eigenvalue weighted by atomic mass is 9.88. The topological polar surface area (TPSA) is 53.0 Å². The highest BCUT2D eigenvalue weighted by Gasteiger charge is 2.43. The van der Waals surface area contributed by atoms with E-state index in [9.17, 15) is 9.90 Å². The summed E-state index contributed by atoms with van der Waals surface area (Å²) in [4.78, 5) is 16.5. The molecule has 2 fully saturated rings. The van der Waals surface area contributed by atoms with Gasteiger partial charge in [-0.05, 0) is 37.0 Å². The first-order chi connectivity index (χ1) is 13.2. The maximum absolute atomic E-state index is 12.4. The van der Waals surface area contributed by atoms with Crippen LogP contribution in [0.15, 0.2) is 54.6 Å². The molecular formula is C22H26N2O3. The van der Waals surface area contributed by atoms with Crippen LogP contribution in [0.3, 0.4) is 0 Å². The van der Waals surface area contributed by atoms with Gasteiger partial charge in [-0.1, -0.05) is 42.5 Å². The van der Waals surface area contributed by atoms with Crippen molar-refractivity contribution < 1.29 is 14.6 Å². The van der Waals surface area contributed by atoms with Crippen LogP contribution in [0.1, 0.15) is 18.4 Å². The van der Waals surface area contributed by atoms with Crippen molar-refractivity contribution in [1.82, 2.24) is 4.90 Å². The molecule has 2 heterocycles. The number of benzene rings is 2. The fourth-order valence-electron chi connectivity index (χ4n) is 4.05. The molecule has 0 atom stereocenters. The van der Waals surface area contributed by atoms with Crippen LogP contribution < -0.4 is 4.90 Å². The number of piperidine rings is 1. The van der Waals surface area contributed by atoms with E-state index in [1.807, 2.05) is 12.1 Å². The number of ether oxygens (including phenoxy) is 1. The molecule has 1 N–H and O–H groups in total. The van der Waals surface area contributed by atoms with Crippen molar-refractivity contribution in [2.75, 3.05) is 37.7 Å². The number of phenolic OH excluding ortho intramolecular Hbond substituents is 1. The van der Waals surface area contributed by atoms with E-state index >= 15 is 0 Å². The molecule has 1 spiro atoms. The van der Waals surface area contributed by atoms with Crippen LogP contribution in [0, 0.1) is 0 Å². The molecular weight excluding hydrogens is 340 g/mol. The minimum Gasteiger partial charge on any atom is -0.506 e. The summed E-state index contributed by atoms with van der Waals surface area (Å²) in [5.74, 6) is 0.0526. The van der Waals surface area contributed by atoms with Gasteiger partial charge in [0.1, 0.15) is 12.4 Å². The van der Waals surface area contributed by atoms with E-state index in [-0.39, 0.29) is 23.9 Å². The minimum atomic E-state index is -0.306.